The quantitative estimate of drug-likeness (QED) is 0.818. The maximum atomic E-state index is 13.1. The van der Waals surface area contributed by atoms with Gasteiger partial charge in [0.15, 0.2) is 0 Å². The Morgan fingerprint density at radius 1 is 0.926 bits per heavy atom. The first-order valence-corrected chi connectivity index (χ1v) is 10.6. The minimum atomic E-state index is -3.77. The molecule has 2 aromatic carbocycles. The van der Waals surface area contributed by atoms with E-state index in [0.29, 0.717) is 16.1 Å². The molecule has 144 valence electrons. The zero-order valence-corrected chi connectivity index (χ0v) is 17.3. The van der Waals surface area contributed by atoms with Crippen LogP contribution in [0, 0.1) is 34.6 Å². The number of benzene rings is 2. The van der Waals surface area contributed by atoms with Crippen LogP contribution in [0.1, 0.15) is 51.0 Å². The molecule has 27 heavy (non-hydrogen) atoms. The third-order valence-electron chi connectivity index (χ3n) is 5.49. The summed E-state index contributed by atoms with van der Waals surface area (Å²) in [6, 6.07) is 6.86. The van der Waals surface area contributed by atoms with Crippen LogP contribution < -0.4 is 10.0 Å². The van der Waals surface area contributed by atoms with E-state index in [2.05, 4.69) is 10.0 Å². The van der Waals surface area contributed by atoms with E-state index in [9.17, 15) is 13.2 Å². The maximum Gasteiger partial charge on any atom is 0.262 e. The van der Waals surface area contributed by atoms with Gasteiger partial charge in [0, 0.05) is 17.3 Å². The molecule has 0 atom stereocenters. The molecule has 1 amide bonds. The predicted molar refractivity (Wildman–Crippen MR) is 108 cm³/mol. The zero-order chi connectivity index (χ0) is 19.9. The molecule has 0 spiro atoms. The molecule has 0 aliphatic heterocycles. The molecule has 0 bridgehead atoms. The van der Waals surface area contributed by atoms with Crippen LogP contribution in [0.4, 0.5) is 5.69 Å². The molecule has 1 fully saturated rings. The normalized spacial score (nSPS) is 14.1. The van der Waals surface area contributed by atoms with Gasteiger partial charge in [0.1, 0.15) is 0 Å². The number of hydrogen-bond donors (Lipinski definition) is 2. The van der Waals surface area contributed by atoms with Crippen LogP contribution in [0.15, 0.2) is 29.2 Å². The van der Waals surface area contributed by atoms with Crippen molar-refractivity contribution in [2.75, 3.05) is 4.72 Å². The van der Waals surface area contributed by atoms with Crippen molar-refractivity contribution in [3.8, 4) is 0 Å². The lowest BCUT2D eigenvalue weighted by atomic mass is 9.95. The van der Waals surface area contributed by atoms with Crippen molar-refractivity contribution < 1.29 is 13.2 Å². The van der Waals surface area contributed by atoms with Crippen LogP contribution in [0.25, 0.3) is 0 Å². The Bertz CT molecular complexity index is 993. The van der Waals surface area contributed by atoms with Crippen LogP contribution in [0.5, 0.6) is 0 Å². The van der Waals surface area contributed by atoms with Crippen molar-refractivity contribution in [2.45, 2.75) is 58.4 Å². The molecule has 1 aliphatic rings. The number of rotatable bonds is 5. The van der Waals surface area contributed by atoms with E-state index in [4.69, 9.17) is 0 Å². The van der Waals surface area contributed by atoms with E-state index >= 15 is 0 Å². The Hall–Kier alpha value is -2.34. The van der Waals surface area contributed by atoms with Crippen LogP contribution in [-0.2, 0) is 10.0 Å². The summed E-state index contributed by atoms with van der Waals surface area (Å²) in [7, 11) is -3.77. The van der Waals surface area contributed by atoms with Crippen molar-refractivity contribution in [3.63, 3.8) is 0 Å². The van der Waals surface area contributed by atoms with Crippen molar-refractivity contribution in [1.82, 2.24) is 5.32 Å². The van der Waals surface area contributed by atoms with Crippen LogP contribution in [0.3, 0.4) is 0 Å². The van der Waals surface area contributed by atoms with Crippen LogP contribution in [-0.4, -0.2) is 20.4 Å². The van der Waals surface area contributed by atoms with Gasteiger partial charge in [-0.05, 0) is 93.5 Å². The highest BCUT2D eigenvalue weighted by atomic mass is 32.2. The molecule has 0 radical (unpaired) electrons. The monoisotopic (exact) mass is 386 g/mol. The van der Waals surface area contributed by atoms with Gasteiger partial charge in [-0.25, -0.2) is 8.42 Å². The molecule has 1 saturated carbocycles. The summed E-state index contributed by atoms with van der Waals surface area (Å²) in [5, 5.41) is 2.92. The molecule has 0 unspecified atom stereocenters. The van der Waals surface area contributed by atoms with Gasteiger partial charge in [-0.2, -0.15) is 0 Å². The smallest absolute Gasteiger partial charge is 0.262 e. The van der Waals surface area contributed by atoms with E-state index in [-0.39, 0.29) is 11.9 Å². The van der Waals surface area contributed by atoms with Gasteiger partial charge >= 0.3 is 0 Å². The van der Waals surface area contributed by atoms with Crippen molar-refractivity contribution in [1.29, 1.82) is 0 Å². The minimum Gasteiger partial charge on any atom is -0.349 e. The third-order valence-corrected chi connectivity index (χ3v) is 7.14. The largest absolute Gasteiger partial charge is 0.349 e. The lowest BCUT2D eigenvalue weighted by molar-refractivity contribution is 0.0951. The average Bonchev–Trinajstić information content (AvgIpc) is 3.42. The van der Waals surface area contributed by atoms with E-state index in [0.717, 1.165) is 40.7 Å². The molecule has 0 aromatic heterocycles. The predicted octanol–water partition coefficient (Wildman–Crippen LogP) is 3.92. The highest BCUT2D eigenvalue weighted by molar-refractivity contribution is 7.92. The van der Waals surface area contributed by atoms with Crippen molar-refractivity contribution in [3.05, 3.63) is 57.6 Å². The fourth-order valence-electron chi connectivity index (χ4n) is 3.30. The molecule has 0 saturated heterocycles. The lowest BCUT2D eigenvalue weighted by Crippen LogP contribution is -2.25. The molecular formula is C21H26N2O3S. The minimum absolute atomic E-state index is 0.173. The summed E-state index contributed by atoms with van der Waals surface area (Å²) >= 11 is 0. The summed E-state index contributed by atoms with van der Waals surface area (Å²) in [6.45, 7) is 9.57. The second-order valence-corrected chi connectivity index (χ2v) is 9.01. The first-order chi connectivity index (χ1) is 12.6. The van der Waals surface area contributed by atoms with Crippen LogP contribution >= 0.6 is 0 Å². The van der Waals surface area contributed by atoms with E-state index < -0.39 is 10.0 Å². The van der Waals surface area contributed by atoms with Crippen molar-refractivity contribution >= 4 is 21.6 Å². The Morgan fingerprint density at radius 2 is 1.48 bits per heavy atom. The highest BCUT2D eigenvalue weighted by Crippen LogP contribution is 2.31. The summed E-state index contributed by atoms with van der Waals surface area (Å²) in [5.74, 6) is -0.173. The van der Waals surface area contributed by atoms with Crippen molar-refractivity contribution in [2.24, 2.45) is 0 Å². The van der Waals surface area contributed by atoms with Gasteiger partial charge in [0.05, 0.1) is 4.90 Å². The summed E-state index contributed by atoms with van der Waals surface area (Å²) in [6.07, 6.45) is 2.01. The molecule has 2 aromatic rings. The number of carbonyl (C=O) groups excluding carboxylic acids is 1. The average molecular weight is 387 g/mol. The number of sulfonamides is 1. The summed E-state index contributed by atoms with van der Waals surface area (Å²) in [4.78, 5) is 12.5. The second kappa shape index (κ2) is 7.00. The summed E-state index contributed by atoms with van der Waals surface area (Å²) in [5.41, 5.74) is 5.42. The van der Waals surface area contributed by atoms with Gasteiger partial charge in [0.25, 0.3) is 15.9 Å². The highest BCUT2D eigenvalue weighted by Gasteiger charge is 2.25. The van der Waals surface area contributed by atoms with E-state index in [1.807, 2.05) is 34.6 Å². The number of hydrogen-bond acceptors (Lipinski definition) is 3. The first kappa shape index (κ1) is 19.4. The Kier molecular flexibility index (Phi) is 5.04. The summed E-state index contributed by atoms with van der Waals surface area (Å²) < 4.78 is 28.9. The lowest BCUT2D eigenvalue weighted by Gasteiger charge is -2.19. The topological polar surface area (TPSA) is 75.3 Å². The standard InChI is InChI=1S/C21H26N2O3S/c1-12-13(2)15(4)20(16(5)14(12)3)27(25,26)23-19-8-6-7-17(11-19)21(24)22-18-9-10-18/h6-8,11,18,23H,9-10H2,1-5H3,(H,22,24). The number of anilines is 1. The molecule has 3 rings (SSSR count). The molecule has 6 heteroatoms. The molecular weight excluding hydrogens is 360 g/mol. The fraction of sp³-hybridized carbons (Fsp3) is 0.381. The SMILES string of the molecule is Cc1c(C)c(C)c(S(=O)(=O)Nc2cccc(C(=O)NC3CC3)c2)c(C)c1C. The van der Waals surface area contributed by atoms with Gasteiger partial charge in [-0.3, -0.25) is 9.52 Å². The van der Waals surface area contributed by atoms with E-state index in [1.54, 1.807) is 24.3 Å². The second-order valence-electron chi connectivity index (χ2n) is 7.39. The first-order valence-electron chi connectivity index (χ1n) is 9.12. The van der Waals surface area contributed by atoms with Gasteiger partial charge in [-0.1, -0.05) is 6.07 Å². The molecule has 1 aliphatic carbocycles. The van der Waals surface area contributed by atoms with Gasteiger partial charge in [0.2, 0.25) is 0 Å². The zero-order valence-electron chi connectivity index (χ0n) is 16.4. The molecule has 5 nitrogen and oxygen atoms in total. The number of amides is 1. The van der Waals surface area contributed by atoms with Gasteiger partial charge in [-0.15, -0.1) is 0 Å². The Morgan fingerprint density at radius 3 is 2.04 bits per heavy atom. The third kappa shape index (κ3) is 3.86. The fourth-order valence-corrected chi connectivity index (χ4v) is 4.95. The van der Waals surface area contributed by atoms with Gasteiger partial charge < -0.3 is 5.32 Å². The number of carbonyl (C=O) groups is 1. The Labute approximate surface area is 161 Å². The Balaban J connectivity index is 1.95. The van der Waals surface area contributed by atoms with Crippen LogP contribution in [0.2, 0.25) is 0 Å². The molecule has 2 N–H and O–H groups in total. The number of nitrogens with one attached hydrogen (secondary N) is 2. The molecule has 0 heterocycles. The maximum absolute atomic E-state index is 13.1. The van der Waals surface area contributed by atoms with E-state index in [1.165, 1.54) is 0 Å².